The van der Waals surface area contributed by atoms with Crippen molar-refractivity contribution in [1.29, 1.82) is 0 Å². The smallest absolute Gasteiger partial charge is 0.148 e. The zero-order valence-corrected chi connectivity index (χ0v) is 10.1. The van der Waals surface area contributed by atoms with E-state index in [1.165, 1.54) is 4.90 Å². The van der Waals surface area contributed by atoms with E-state index >= 15 is 0 Å². The van der Waals surface area contributed by atoms with Gasteiger partial charge in [0.05, 0.1) is 5.69 Å². The van der Waals surface area contributed by atoms with E-state index in [0.717, 1.165) is 17.1 Å². The summed E-state index contributed by atoms with van der Waals surface area (Å²) in [5, 5.41) is 11.2. The molecule has 1 heterocycles. The van der Waals surface area contributed by atoms with Crippen LogP contribution in [0.25, 0.3) is 11.3 Å². The fourth-order valence-corrected chi connectivity index (χ4v) is 1.79. The molecular weight excluding hydrogens is 218 g/mol. The minimum atomic E-state index is 0.782. The van der Waals surface area contributed by atoms with Gasteiger partial charge in [-0.05, 0) is 30.5 Å². The van der Waals surface area contributed by atoms with Gasteiger partial charge in [-0.15, -0.1) is 22.0 Å². The molecule has 1 aromatic carbocycles. The first kappa shape index (κ1) is 11.0. The fourth-order valence-electron chi connectivity index (χ4n) is 1.38. The Bertz CT molecular complexity index is 405. The summed E-state index contributed by atoms with van der Waals surface area (Å²) >= 11 is 1.73. The highest BCUT2D eigenvalue weighted by atomic mass is 32.2. The number of nitrogens with one attached hydrogen (secondary N) is 1. The molecule has 1 N–H and O–H groups in total. The molecular formula is C12H13N3S. The number of rotatable bonds is 3. The molecule has 2 rings (SSSR count). The van der Waals surface area contributed by atoms with Crippen LogP contribution in [0, 0.1) is 0 Å². The van der Waals surface area contributed by atoms with Gasteiger partial charge in [0.15, 0.2) is 0 Å². The van der Waals surface area contributed by atoms with Crippen LogP contribution in [0.4, 0.5) is 5.82 Å². The monoisotopic (exact) mass is 231 g/mol. The van der Waals surface area contributed by atoms with E-state index in [1.807, 2.05) is 19.2 Å². The number of nitrogens with zero attached hydrogens (tertiary/aromatic N) is 2. The van der Waals surface area contributed by atoms with Gasteiger partial charge >= 0.3 is 0 Å². The zero-order chi connectivity index (χ0) is 11.4. The molecule has 0 amide bonds. The second kappa shape index (κ2) is 4.99. The SMILES string of the molecule is CNc1ccc(-c2ccc(SC)cc2)nn1. The predicted octanol–water partition coefficient (Wildman–Crippen LogP) is 2.91. The summed E-state index contributed by atoms with van der Waals surface area (Å²) in [4.78, 5) is 1.25. The van der Waals surface area contributed by atoms with Gasteiger partial charge in [0.2, 0.25) is 0 Å². The van der Waals surface area contributed by atoms with E-state index in [9.17, 15) is 0 Å². The Hall–Kier alpha value is -1.55. The Labute approximate surface area is 99.3 Å². The lowest BCUT2D eigenvalue weighted by Gasteiger charge is -2.02. The largest absolute Gasteiger partial charge is 0.372 e. The molecule has 1 aromatic heterocycles. The highest BCUT2D eigenvalue weighted by Crippen LogP contribution is 2.21. The molecule has 0 atom stereocenters. The van der Waals surface area contributed by atoms with Crippen molar-refractivity contribution in [2.45, 2.75) is 4.90 Å². The molecule has 16 heavy (non-hydrogen) atoms. The minimum absolute atomic E-state index is 0.782. The van der Waals surface area contributed by atoms with Gasteiger partial charge in [0.1, 0.15) is 5.82 Å². The van der Waals surface area contributed by atoms with E-state index < -0.39 is 0 Å². The molecule has 2 aromatic rings. The van der Waals surface area contributed by atoms with Crippen LogP contribution in [0.15, 0.2) is 41.3 Å². The fraction of sp³-hybridized carbons (Fsp3) is 0.167. The summed E-state index contributed by atoms with van der Waals surface area (Å²) in [6.07, 6.45) is 2.07. The zero-order valence-electron chi connectivity index (χ0n) is 9.27. The van der Waals surface area contributed by atoms with Crippen LogP contribution in [0.2, 0.25) is 0 Å². The molecule has 82 valence electrons. The lowest BCUT2D eigenvalue weighted by atomic mass is 10.1. The Morgan fingerprint density at radius 1 is 1.00 bits per heavy atom. The van der Waals surface area contributed by atoms with Crippen molar-refractivity contribution in [2.24, 2.45) is 0 Å². The highest BCUT2D eigenvalue weighted by molar-refractivity contribution is 7.98. The molecule has 0 fully saturated rings. The van der Waals surface area contributed by atoms with E-state index in [2.05, 4.69) is 46.0 Å². The van der Waals surface area contributed by atoms with Crippen LogP contribution < -0.4 is 5.32 Å². The first-order chi connectivity index (χ1) is 7.83. The van der Waals surface area contributed by atoms with E-state index in [-0.39, 0.29) is 0 Å². The van der Waals surface area contributed by atoms with Gasteiger partial charge in [-0.3, -0.25) is 0 Å². The Balaban J connectivity index is 2.28. The van der Waals surface area contributed by atoms with Crippen molar-refractivity contribution in [3.63, 3.8) is 0 Å². The summed E-state index contributed by atoms with van der Waals surface area (Å²) in [5.41, 5.74) is 1.99. The average molecular weight is 231 g/mol. The number of hydrogen-bond acceptors (Lipinski definition) is 4. The minimum Gasteiger partial charge on any atom is -0.372 e. The molecule has 4 heteroatoms. The first-order valence-corrected chi connectivity index (χ1v) is 6.22. The van der Waals surface area contributed by atoms with Crippen LogP contribution in [-0.2, 0) is 0 Å². The van der Waals surface area contributed by atoms with Crippen molar-refractivity contribution < 1.29 is 0 Å². The van der Waals surface area contributed by atoms with Gasteiger partial charge in [-0.25, -0.2) is 0 Å². The Kier molecular flexibility index (Phi) is 3.41. The molecule has 0 aliphatic carbocycles. The van der Waals surface area contributed by atoms with Gasteiger partial charge < -0.3 is 5.32 Å². The van der Waals surface area contributed by atoms with Crippen molar-refractivity contribution in [1.82, 2.24) is 10.2 Å². The number of anilines is 1. The van der Waals surface area contributed by atoms with Gasteiger partial charge in [0.25, 0.3) is 0 Å². The van der Waals surface area contributed by atoms with E-state index in [1.54, 1.807) is 11.8 Å². The molecule has 0 unspecified atom stereocenters. The van der Waals surface area contributed by atoms with Gasteiger partial charge in [0, 0.05) is 17.5 Å². The second-order valence-corrected chi connectivity index (χ2v) is 4.16. The highest BCUT2D eigenvalue weighted by Gasteiger charge is 2.00. The summed E-state index contributed by atoms with van der Waals surface area (Å²) in [7, 11) is 1.83. The van der Waals surface area contributed by atoms with E-state index in [0.29, 0.717) is 0 Å². The van der Waals surface area contributed by atoms with Crippen LogP contribution in [0.3, 0.4) is 0 Å². The topological polar surface area (TPSA) is 37.8 Å². The van der Waals surface area contributed by atoms with Crippen molar-refractivity contribution >= 4 is 17.6 Å². The summed E-state index contributed by atoms with van der Waals surface area (Å²) in [6.45, 7) is 0. The lowest BCUT2D eigenvalue weighted by Crippen LogP contribution is -1.95. The third-order valence-corrected chi connectivity index (χ3v) is 3.05. The average Bonchev–Trinajstić information content (AvgIpc) is 2.39. The summed E-state index contributed by atoms with van der Waals surface area (Å²) in [6, 6.07) is 12.2. The quantitative estimate of drug-likeness (QED) is 0.824. The van der Waals surface area contributed by atoms with Crippen LogP contribution in [0.1, 0.15) is 0 Å². The van der Waals surface area contributed by atoms with Crippen molar-refractivity contribution in [3.05, 3.63) is 36.4 Å². The maximum atomic E-state index is 4.16. The summed E-state index contributed by atoms with van der Waals surface area (Å²) in [5.74, 6) is 0.782. The Morgan fingerprint density at radius 2 is 1.75 bits per heavy atom. The predicted molar refractivity (Wildman–Crippen MR) is 68.8 cm³/mol. The van der Waals surface area contributed by atoms with E-state index in [4.69, 9.17) is 0 Å². The maximum absolute atomic E-state index is 4.16. The van der Waals surface area contributed by atoms with Gasteiger partial charge in [-0.2, -0.15) is 0 Å². The molecule has 0 radical (unpaired) electrons. The lowest BCUT2D eigenvalue weighted by molar-refractivity contribution is 1.04. The number of thioether (sulfide) groups is 1. The maximum Gasteiger partial charge on any atom is 0.148 e. The van der Waals surface area contributed by atoms with Gasteiger partial charge in [-0.1, -0.05) is 12.1 Å². The number of hydrogen-bond donors (Lipinski definition) is 1. The first-order valence-electron chi connectivity index (χ1n) is 4.99. The third kappa shape index (κ3) is 2.33. The van der Waals surface area contributed by atoms with Crippen LogP contribution in [0.5, 0.6) is 0 Å². The number of benzene rings is 1. The number of aromatic nitrogens is 2. The summed E-state index contributed by atoms with van der Waals surface area (Å²) < 4.78 is 0. The molecule has 0 aliphatic heterocycles. The molecule has 0 saturated heterocycles. The molecule has 0 saturated carbocycles. The van der Waals surface area contributed by atoms with Crippen molar-refractivity contribution in [3.8, 4) is 11.3 Å². The third-order valence-electron chi connectivity index (χ3n) is 2.31. The van der Waals surface area contributed by atoms with Crippen LogP contribution in [-0.4, -0.2) is 23.5 Å². The molecule has 3 nitrogen and oxygen atoms in total. The normalized spacial score (nSPS) is 10.1. The Morgan fingerprint density at radius 3 is 2.25 bits per heavy atom. The second-order valence-electron chi connectivity index (χ2n) is 3.28. The van der Waals surface area contributed by atoms with Crippen molar-refractivity contribution in [2.75, 3.05) is 18.6 Å². The molecule has 0 aliphatic rings. The molecule has 0 bridgehead atoms. The standard InChI is InChI=1S/C12H13N3S/c1-13-12-8-7-11(14-15-12)9-3-5-10(16-2)6-4-9/h3-8H,1-2H3,(H,13,15). The van der Waals surface area contributed by atoms with Crippen LogP contribution >= 0.6 is 11.8 Å². The molecule has 0 spiro atoms.